The number of aromatic nitrogens is 4. The first-order valence-electron chi connectivity index (χ1n) is 6.10. The summed E-state index contributed by atoms with van der Waals surface area (Å²) in [5.41, 5.74) is 0. The minimum Gasteiger partial charge on any atom is -0.469 e. The van der Waals surface area contributed by atoms with E-state index in [1.165, 1.54) is 7.11 Å². The fourth-order valence-electron chi connectivity index (χ4n) is 1.40. The summed E-state index contributed by atoms with van der Waals surface area (Å²) in [6.07, 6.45) is 2.60. The maximum atomic E-state index is 11.1. The molecule has 0 aromatic carbocycles. The third kappa shape index (κ3) is 5.03. The van der Waals surface area contributed by atoms with Crippen molar-refractivity contribution in [1.29, 1.82) is 0 Å². The second kappa shape index (κ2) is 8.07. The lowest BCUT2D eigenvalue weighted by atomic mass is 10.3. The fraction of sp³-hybridized carbons (Fsp3) is 0.818. The summed E-state index contributed by atoms with van der Waals surface area (Å²) < 4.78 is 6.47. The first-order valence-corrected chi connectivity index (χ1v) is 7.15. The maximum absolute atomic E-state index is 11.1. The number of aryl methyl sites for hydroxylation is 1. The van der Waals surface area contributed by atoms with Crippen LogP contribution in [0.5, 0.6) is 0 Å². The van der Waals surface area contributed by atoms with Gasteiger partial charge in [-0.05, 0) is 16.8 Å². The highest BCUT2D eigenvalue weighted by Gasteiger charge is 2.12. The molecule has 0 amide bonds. The van der Waals surface area contributed by atoms with Crippen LogP contribution in [-0.2, 0) is 21.8 Å². The second-order valence-electron chi connectivity index (χ2n) is 4.07. The summed E-state index contributed by atoms with van der Waals surface area (Å²) in [5.74, 6) is 1.40. The van der Waals surface area contributed by atoms with Crippen LogP contribution >= 0.6 is 11.8 Å². The van der Waals surface area contributed by atoms with Gasteiger partial charge in [-0.25, -0.2) is 4.68 Å². The highest BCUT2D eigenvalue weighted by molar-refractivity contribution is 7.99. The SMILES string of the molecule is CCCCn1nnnc1CSC(C)CC(=O)OC. The lowest BCUT2D eigenvalue weighted by Gasteiger charge is -2.09. The Kier molecular flexibility index (Phi) is 6.70. The Morgan fingerprint density at radius 2 is 2.33 bits per heavy atom. The van der Waals surface area contributed by atoms with Gasteiger partial charge in [0.15, 0.2) is 5.82 Å². The standard InChI is InChI=1S/C11H20N4O2S/c1-4-5-6-15-10(12-13-14-15)8-18-9(2)7-11(16)17-3/h9H,4-8H2,1-3H3. The van der Waals surface area contributed by atoms with Crippen molar-refractivity contribution >= 4 is 17.7 Å². The van der Waals surface area contributed by atoms with Crippen LogP contribution in [0.3, 0.4) is 0 Å². The predicted molar refractivity (Wildman–Crippen MR) is 70.1 cm³/mol. The van der Waals surface area contributed by atoms with Gasteiger partial charge in [-0.2, -0.15) is 11.8 Å². The molecule has 0 saturated heterocycles. The van der Waals surface area contributed by atoms with Crippen LogP contribution in [0, 0.1) is 0 Å². The van der Waals surface area contributed by atoms with Crippen molar-refractivity contribution in [2.24, 2.45) is 0 Å². The van der Waals surface area contributed by atoms with Gasteiger partial charge in [0.25, 0.3) is 0 Å². The van der Waals surface area contributed by atoms with E-state index in [-0.39, 0.29) is 11.2 Å². The summed E-state index contributed by atoms with van der Waals surface area (Å²) >= 11 is 1.66. The predicted octanol–water partition coefficient (Wildman–Crippen LogP) is 1.66. The van der Waals surface area contributed by atoms with E-state index in [0.717, 1.165) is 31.0 Å². The summed E-state index contributed by atoms with van der Waals surface area (Å²) in [5, 5.41) is 11.9. The van der Waals surface area contributed by atoms with Gasteiger partial charge in [0.1, 0.15) is 0 Å². The van der Waals surface area contributed by atoms with Crippen LogP contribution < -0.4 is 0 Å². The first-order chi connectivity index (χ1) is 8.67. The van der Waals surface area contributed by atoms with Crippen LogP contribution in [0.2, 0.25) is 0 Å². The van der Waals surface area contributed by atoms with Gasteiger partial charge in [-0.3, -0.25) is 4.79 Å². The van der Waals surface area contributed by atoms with E-state index in [4.69, 9.17) is 0 Å². The van der Waals surface area contributed by atoms with Crippen molar-refractivity contribution in [3.05, 3.63) is 5.82 Å². The molecule has 0 N–H and O–H groups in total. The number of unbranched alkanes of at least 4 members (excludes halogenated alkanes) is 1. The van der Waals surface area contributed by atoms with E-state index in [9.17, 15) is 4.79 Å². The summed E-state index contributed by atoms with van der Waals surface area (Å²) in [4.78, 5) is 11.1. The number of rotatable bonds is 8. The molecule has 0 spiro atoms. The van der Waals surface area contributed by atoms with Gasteiger partial charge in [0.05, 0.1) is 19.3 Å². The molecule has 1 aromatic heterocycles. The van der Waals surface area contributed by atoms with Crippen molar-refractivity contribution in [2.45, 2.75) is 50.7 Å². The molecule has 0 bridgehead atoms. The Balaban J connectivity index is 2.38. The number of tetrazole rings is 1. The zero-order valence-electron chi connectivity index (χ0n) is 11.1. The number of hydrogen-bond donors (Lipinski definition) is 0. The zero-order chi connectivity index (χ0) is 13.4. The topological polar surface area (TPSA) is 69.9 Å². The Labute approximate surface area is 111 Å². The molecule has 18 heavy (non-hydrogen) atoms. The van der Waals surface area contributed by atoms with Crippen LogP contribution in [0.25, 0.3) is 0 Å². The van der Waals surface area contributed by atoms with Crippen molar-refractivity contribution in [1.82, 2.24) is 20.2 Å². The molecule has 0 saturated carbocycles. The molecule has 0 aliphatic heterocycles. The van der Waals surface area contributed by atoms with Gasteiger partial charge in [-0.1, -0.05) is 20.3 Å². The molecule has 1 heterocycles. The van der Waals surface area contributed by atoms with Crippen molar-refractivity contribution in [2.75, 3.05) is 7.11 Å². The van der Waals surface area contributed by atoms with E-state index in [2.05, 4.69) is 27.2 Å². The van der Waals surface area contributed by atoms with Crippen molar-refractivity contribution in [3.63, 3.8) is 0 Å². The molecular formula is C11H20N4O2S. The van der Waals surface area contributed by atoms with Crippen LogP contribution in [0.4, 0.5) is 0 Å². The van der Waals surface area contributed by atoms with E-state index in [0.29, 0.717) is 6.42 Å². The molecule has 0 fully saturated rings. The number of methoxy groups -OCH3 is 1. The smallest absolute Gasteiger partial charge is 0.306 e. The van der Waals surface area contributed by atoms with Crippen molar-refractivity contribution < 1.29 is 9.53 Å². The van der Waals surface area contributed by atoms with Gasteiger partial charge in [0, 0.05) is 11.8 Å². The molecule has 102 valence electrons. The quantitative estimate of drug-likeness (QED) is 0.670. The number of thioether (sulfide) groups is 1. The Bertz CT molecular complexity index is 370. The number of carbonyl (C=O) groups excluding carboxylic acids is 1. The molecule has 0 aliphatic carbocycles. The second-order valence-corrected chi connectivity index (χ2v) is 5.50. The fourth-order valence-corrected chi connectivity index (χ4v) is 2.30. The Morgan fingerprint density at radius 1 is 1.56 bits per heavy atom. The zero-order valence-corrected chi connectivity index (χ0v) is 11.9. The van der Waals surface area contributed by atoms with Gasteiger partial charge < -0.3 is 4.74 Å². The number of ether oxygens (including phenoxy) is 1. The van der Waals surface area contributed by atoms with Crippen molar-refractivity contribution in [3.8, 4) is 0 Å². The molecule has 6 nitrogen and oxygen atoms in total. The average molecular weight is 272 g/mol. The lowest BCUT2D eigenvalue weighted by molar-refractivity contribution is -0.140. The van der Waals surface area contributed by atoms with Crippen LogP contribution in [0.1, 0.15) is 38.9 Å². The van der Waals surface area contributed by atoms with E-state index >= 15 is 0 Å². The number of carbonyl (C=O) groups is 1. The van der Waals surface area contributed by atoms with Crippen LogP contribution in [-0.4, -0.2) is 38.5 Å². The molecule has 1 atom stereocenters. The molecule has 1 aromatic rings. The third-order valence-electron chi connectivity index (χ3n) is 2.51. The minimum absolute atomic E-state index is 0.180. The lowest BCUT2D eigenvalue weighted by Crippen LogP contribution is -2.10. The van der Waals surface area contributed by atoms with Gasteiger partial charge in [-0.15, -0.1) is 5.10 Å². The maximum Gasteiger partial charge on any atom is 0.306 e. The highest BCUT2D eigenvalue weighted by atomic mass is 32.2. The average Bonchev–Trinajstić information content (AvgIpc) is 2.81. The molecule has 1 unspecified atom stereocenters. The molecule has 0 radical (unpaired) electrons. The highest BCUT2D eigenvalue weighted by Crippen LogP contribution is 2.19. The Morgan fingerprint density at radius 3 is 3.00 bits per heavy atom. The largest absolute Gasteiger partial charge is 0.469 e. The van der Waals surface area contributed by atoms with Gasteiger partial charge in [0.2, 0.25) is 0 Å². The minimum atomic E-state index is -0.180. The first kappa shape index (κ1) is 14.9. The number of esters is 1. The van der Waals surface area contributed by atoms with Crippen LogP contribution in [0.15, 0.2) is 0 Å². The van der Waals surface area contributed by atoms with Gasteiger partial charge >= 0.3 is 5.97 Å². The third-order valence-corrected chi connectivity index (χ3v) is 3.67. The molecule has 0 aliphatic rings. The normalized spacial score (nSPS) is 12.4. The summed E-state index contributed by atoms with van der Waals surface area (Å²) in [6.45, 7) is 4.99. The Hall–Kier alpha value is -1.11. The van der Waals surface area contributed by atoms with E-state index in [1.807, 2.05) is 11.6 Å². The monoisotopic (exact) mass is 272 g/mol. The van der Waals surface area contributed by atoms with E-state index in [1.54, 1.807) is 11.8 Å². The molecule has 1 rings (SSSR count). The number of nitrogens with zero attached hydrogens (tertiary/aromatic N) is 4. The summed E-state index contributed by atoms with van der Waals surface area (Å²) in [6, 6.07) is 0. The van der Waals surface area contributed by atoms with E-state index < -0.39 is 0 Å². The molecule has 7 heteroatoms. The molecular weight excluding hydrogens is 252 g/mol. The summed E-state index contributed by atoms with van der Waals surface area (Å²) in [7, 11) is 1.41. The number of hydrogen-bond acceptors (Lipinski definition) is 6.